The Morgan fingerprint density at radius 3 is 2.69 bits per heavy atom. The predicted octanol–water partition coefficient (Wildman–Crippen LogP) is -0.300. The summed E-state index contributed by atoms with van der Waals surface area (Å²) >= 11 is 0. The molecule has 0 saturated heterocycles. The van der Waals surface area contributed by atoms with Gasteiger partial charge in [-0.2, -0.15) is 0 Å². The molecule has 1 amide bonds. The van der Waals surface area contributed by atoms with E-state index in [2.05, 4.69) is 5.32 Å². The van der Waals surface area contributed by atoms with Crippen LogP contribution in [0.25, 0.3) is 0 Å². The highest BCUT2D eigenvalue weighted by molar-refractivity contribution is 6.17. The molecule has 1 rings (SSSR count). The number of benzene rings is 1. The lowest BCUT2D eigenvalue weighted by Gasteiger charge is -2.05. The molecule has 0 aliphatic heterocycles. The highest BCUT2D eigenvalue weighted by Gasteiger charge is 2.04. The highest BCUT2D eigenvalue weighted by Crippen LogP contribution is 2.11. The summed E-state index contributed by atoms with van der Waals surface area (Å²) in [6.07, 6.45) is 0. The normalized spacial score (nSPS) is 9.62. The third-order valence-corrected chi connectivity index (χ3v) is 1.94. The number of hydrogen-bond acceptors (Lipinski definition) is 4. The molecule has 1 aromatic carbocycles. The Hall–Kier alpha value is -1.53. The molecule has 2 N–H and O–H groups in total. The lowest BCUT2D eigenvalue weighted by molar-refractivity contribution is 0.0937. The van der Waals surface area contributed by atoms with Gasteiger partial charge in [0.15, 0.2) is 0 Å². The maximum Gasteiger partial charge on any atom is 0.504 e. The molecule has 16 heavy (non-hydrogen) atoms. The molecule has 0 aliphatic rings. The van der Waals surface area contributed by atoms with Crippen LogP contribution in [0, 0.1) is 0 Å². The molecule has 0 bridgehead atoms. The van der Waals surface area contributed by atoms with Crippen molar-refractivity contribution in [3.05, 3.63) is 29.8 Å². The van der Waals surface area contributed by atoms with E-state index in [9.17, 15) is 4.79 Å². The van der Waals surface area contributed by atoms with Crippen molar-refractivity contribution in [2.24, 2.45) is 0 Å². The zero-order valence-electron chi connectivity index (χ0n) is 9.10. The zero-order chi connectivity index (χ0) is 11.8. The van der Waals surface area contributed by atoms with Crippen molar-refractivity contribution in [3.8, 4) is 5.75 Å². The number of amides is 1. The van der Waals surface area contributed by atoms with Crippen LogP contribution in [-0.4, -0.2) is 38.9 Å². The molecule has 5 nitrogen and oxygen atoms in total. The summed E-state index contributed by atoms with van der Waals surface area (Å²) in [6, 6.07) is 6.52. The van der Waals surface area contributed by atoms with Gasteiger partial charge in [0.2, 0.25) is 0 Å². The topological polar surface area (TPSA) is 67.8 Å². The second-order valence-electron chi connectivity index (χ2n) is 3.05. The van der Waals surface area contributed by atoms with Crippen molar-refractivity contribution in [1.29, 1.82) is 0 Å². The monoisotopic (exact) mass is 223 g/mol. The Labute approximate surface area is 94.7 Å². The van der Waals surface area contributed by atoms with E-state index in [-0.39, 0.29) is 13.6 Å². The van der Waals surface area contributed by atoms with Crippen molar-refractivity contribution in [2.45, 2.75) is 0 Å². The molecule has 1 aromatic rings. The lowest BCUT2D eigenvalue weighted by Crippen LogP contribution is -2.26. The van der Waals surface area contributed by atoms with E-state index in [1.165, 1.54) is 0 Å². The van der Waals surface area contributed by atoms with Crippen LogP contribution in [0.4, 0.5) is 0 Å². The van der Waals surface area contributed by atoms with Gasteiger partial charge < -0.3 is 19.7 Å². The summed E-state index contributed by atoms with van der Waals surface area (Å²) in [5, 5.41) is 11.2. The fourth-order valence-corrected chi connectivity index (χ4v) is 1.15. The Bertz CT molecular complexity index is 328. The van der Waals surface area contributed by atoms with Gasteiger partial charge in [0.1, 0.15) is 5.75 Å². The quantitative estimate of drug-likeness (QED) is 0.513. The van der Waals surface area contributed by atoms with E-state index in [0.717, 1.165) is 0 Å². The zero-order valence-corrected chi connectivity index (χ0v) is 9.10. The molecular formula is C10H14BNO4. The van der Waals surface area contributed by atoms with E-state index in [1.54, 1.807) is 31.4 Å². The Morgan fingerprint density at radius 2 is 2.12 bits per heavy atom. The second kappa shape index (κ2) is 6.87. The van der Waals surface area contributed by atoms with Crippen LogP contribution >= 0.6 is 0 Å². The Balaban J connectivity index is 2.49. The number of carbonyl (C=O) groups is 1. The molecule has 0 fully saturated rings. The number of rotatable bonds is 6. The summed E-state index contributed by atoms with van der Waals surface area (Å²) in [6.45, 7) is 0.960. The van der Waals surface area contributed by atoms with Gasteiger partial charge in [0, 0.05) is 19.2 Å². The standard InChI is InChI=1S/C10H14BNO4/c1-15-7-6-12-10(13)8-2-4-9(5-3-8)16-11-14/h2-5,11,14H,6-7H2,1H3,(H,12,13). The fourth-order valence-electron chi connectivity index (χ4n) is 1.15. The molecule has 0 radical (unpaired) electrons. The Morgan fingerprint density at radius 1 is 1.44 bits per heavy atom. The average Bonchev–Trinajstić information content (AvgIpc) is 2.30. The van der Waals surface area contributed by atoms with Crippen LogP contribution in [0.5, 0.6) is 5.75 Å². The number of ether oxygens (including phenoxy) is 1. The van der Waals surface area contributed by atoms with Crippen LogP contribution in [0.15, 0.2) is 24.3 Å². The van der Waals surface area contributed by atoms with E-state index in [0.29, 0.717) is 24.5 Å². The molecule has 86 valence electrons. The van der Waals surface area contributed by atoms with Crippen molar-refractivity contribution in [1.82, 2.24) is 5.32 Å². The van der Waals surface area contributed by atoms with Crippen molar-refractivity contribution < 1.29 is 19.2 Å². The Kier molecular flexibility index (Phi) is 5.38. The summed E-state index contributed by atoms with van der Waals surface area (Å²) in [7, 11) is 1.20. The minimum atomic E-state index is -0.376. The van der Waals surface area contributed by atoms with Crippen LogP contribution < -0.4 is 9.97 Å². The van der Waals surface area contributed by atoms with Gasteiger partial charge in [-0.3, -0.25) is 4.79 Å². The van der Waals surface area contributed by atoms with Crippen LogP contribution in [0.2, 0.25) is 0 Å². The first kappa shape index (κ1) is 12.5. The maximum absolute atomic E-state index is 11.5. The van der Waals surface area contributed by atoms with Gasteiger partial charge in [-0.1, -0.05) is 0 Å². The van der Waals surface area contributed by atoms with Gasteiger partial charge in [-0.15, -0.1) is 0 Å². The predicted molar refractivity (Wildman–Crippen MR) is 60.6 cm³/mol. The molecular weight excluding hydrogens is 209 g/mol. The van der Waals surface area contributed by atoms with Crippen molar-refractivity contribution >= 4 is 13.6 Å². The van der Waals surface area contributed by atoms with Crippen LogP contribution in [0.3, 0.4) is 0 Å². The van der Waals surface area contributed by atoms with Crippen molar-refractivity contribution in [2.75, 3.05) is 20.3 Å². The first-order valence-corrected chi connectivity index (χ1v) is 4.88. The third kappa shape index (κ3) is 3.92. The number of methoxy groups -OCH3 is 1. The van der Waals surface area contributed by atoms with E-state index < -0.39 is 0 Å². The molecule has 0 aliphatic carbocycles. The first-order valence-electron chi connectivity index (χ1n) is 4.88. The minimum absolute atomic E-state index is 0.160. The van der Waals surface area contributed by atoms with E-state index in [4.69, 9.17) is 14.4 Å². The molecule has 0 aromatic heterocycles. The molecule has 0 saturated carbocycles. The van der Waals surface area contributed by atoms with Crippen LogP contribution in [0.1, 0.15) is 10.4 Å². The fraction of sp³-hybridized carbons (Fsp3) is 0.300. The lowest BCUT2D eigenvalue weighted by atomic mass is 10.2. The van der Waals surface area contributed by atoms with Gasteiger partial charge in [-0.05, 0) is 24.3 Å². The van der Waals surface area contributed by atoms with E-state index >= 15 is 0 Å². The molecule has 6 heteroatoms. The summed E-state index contributed by atoms with van der Waals surface area (Å²) in [5.41, 5.74) is 0.543. The van der Waals surface area contributed by atoms with E-state index in [1.807, 2.05) is 0 Å². The molecule has 0 unspecified atom stereocenters. The summed E-state index contributed by atoms with van der Waals surface area (Å²) in [5.74, 6) is 0.364. The van der Waals surface area contributed by atoms with Gasteiger partial charge in [-0.25, -0.2) is 0 Å². The maximum atomic E-state index is 11.5. The van der Waals surface area contributed by atoms with Crippen molar-refractivity contribution in [3.63, 3.8) is 0 Å². The second-order valence-corrected chi connectivity index (χ2v) is 3.05. The van der Waals surface area contributed by atoms with Gasteiger partial charge in [0.25, 0.3) is 5.91 Å². The SMILES string of the molecule is COCCNC(=O)c1ccc(OBO)cc1. The average molecular weight is 223 g/mol. The highest BCUT2D eigenvalue weighted by atomic mass is 16.5. The number of nitrogens with one attached hydrogen (secondary N) is 1. The minimum Gasteiger partial charge on any atom is -0.539 e. The smallest absolute Gasteiger partial charge is 0.504 e. The third-order valence-electron chi connectivity index (χ3n) is 1.94. The first-order chi connectivity index (χ1) is 7.77. The summed E-state index contributed by atoms with van der Waals surface area (Å²) < 4.78 is 9.66. The molecule has 0 spiro atoms. The van der Waals surface area contributed by atoms with Gasteiger partial charge in [0.05, 0.1) is 6.61 Å². The largest absolute Gasteiger partial charge is 0.539 e. The number of carbonyl (C=O) groups excluding carboxylic acids is 1. The molecule has 0 heterocycles. The summed E-state index contributed by atoms with van der Waals surface area (Å²) in [4.78, 5) is 11.5. The number of hydrogen-bond donors (Lipinski definition) is 2. The molecule has 0 atom stereocenters. The van der Waals surface area contributed by atoms with Gasteiger partial charge >= 0.3 is 7.69 Å². The van der Waals surface area contributed by atoms with Crippen LogP contribution in [-0.2, 0) is 4.74 Å².